The van der Waals surface area contributed by atoms with E-state index in [0.717, 1.165) is 21.0 Å². The van der Waals surface area contributed by atoms with Gasteiger partial charge in [-0.25, -0.2) is 18.1 Å². The maximum atomic E-state index is 13.4. The summed E-state index contributed by atoms with van der Waals surface area (Å²) in [6, 6.07) is 7.57. The lowest BCUT2D eigenvalue weighted by atomic mass is 10.1. The van der Waals surface area contributed by atoms with Crippen molar-refractivity contribution in [1.29, 1.82) is 0 Å². The second-order valence-corrected chi connectivity index (χ2v) is 11.9. The quantitative estimate of drug-likeness (QED) is 0.467. The number of sulfonamides is 1. The Labute approximate surface area is 196 Å². The molecule has 0 bridgehead atoms. The molecule has 1 aliphatic heterocycles. The molecule has 7 nitrogen and oxygen atoms in total. The summed E-state index contributed by atoms with van der Waals surface area (Å²) in [7, 11) is -3.26. The van der Waals surface area contributed by atoms with E-state index in [-0.39, 0.29) is 17.7 Å². The van der Waals surface area contributed by atoms with Gasteiger partial charge in [-0.3, -0.25) is 4.79 Å². The van der Waals surface area contributed by atoms with Crippen LogP contribution in [0.5, 0.6) is 0 Å². The van der Waals surface area contributed by atoms with E-state index in [2.05, 4.69) is 9.71 Å². The number of carbonyl (C=O) groups is 1. The van der Waals surface area contributed by atoms with Crippen LogP contribution >= 0.6 is 23.1 Å². The Balaban J connectivity index is 1.49. The number of carbonyl (C=O) groups excluding carboxylic acids is 1. The molecule has 0 saturated carbocycles. The molecule has 1 aromatic carbocycles. The zero-order valence-electron chi connectivity index (χ0n) is 18.2. The van der Waals surface area contributed by atoms with Crippen molar-refractivity contribution in [2.45, 2.75) is 49.2 Å². The van der Waals surface area contributed by atoms with Crippen LogP contribution in [0.15, 0.2) is 38.4 Å². The van der Waals surface area contributed by atoms with E-state index in [1.165, 1.54) is 0 Å². The first-order chi connectivity index (χ1) is 15.4. The van der Waals surface area contributed by atoms with Crippen LogP contribution in [-0.4, -0.2) is 49.1 Å². The Morgan fingerprint density at radius 1 is 1.31 bits per heavy atom. The number of fused-ring (bicyclic) bond motifs is 1. The third kappa shape index (κ3) is 5.36. The molecule has 1 aliphatic rings. The van der Waals surface area contributed by atoms with Crippen LogP contribution in [0, 0.1) is 6.92 Å². The van der Waals surface area contributed by atoms with Crippen molar-refractivity contribution < 1.29 is 17.6 Å². The standard InChI is InChI=1S/C22H27N3O4S3/c1-3-12-32(27,28)24-16-8-10-25(11-9-16)21(26)20-18(14-31-22-23-15(2)13-30-22)17-6-4-5-7-19(17)29-20/h4-7,13,16,24H,3,8-12,14H2,1-2H3. The van der Waals surface area contributed by atoms with E-state index in [9.17, 15) is 13.2 Å². The van der Waals surface area contributed by atoms with Gasteiger partial charge in [-0.2, -0.15) is 0 Å². The number of amides is 1. The summed E-state index contributed by atoms with van der Waals surface area (Å²) in [6.07, 6.45) is 1.77. The number of furan rings is 1. The average molecular weight is 494 g/mol. The molecule has 1 amide bonds. The highest BCUT2D eigenvalue weighted by molar-refractivity contribution is 8.00. The van der Waals surface area contributed by atoms with Crippen LogP contribution in [0.3, 0.4) is 0 Å². The zero-order chi connectivity index (χ0) is 22.7. The molecule has 2 aromatic heterocycles. The molecule has 1 saturated heterocycles. The fraction of sp³-hybridized carbons (Fsp3) is 0.455. The molecule has 4 rings (SSSR count). The molecular weight excluding hydrogens is 466 g/mol. The van der Waals surface area contributed by atoms with Crippen molar-refractivity contribution in [2.24, 2.45) is 0 Å². The number of aryl methyl sites for hydroxylation is 1. The van der Waals surface area contributed by atoms with Crippen LogP contribution in [0.4, 0.5) is 0 Å². The van der Waals surface area contributed by atoms with E-state index in [4.69, 9.17) is 4.42 Å². The lowest BCUT2D eigenvalue weighted by Crippen LogP contribution is -2.47. The molecule has 0 spiro atoms. The molecule has 1 fully saturated rings. The monoisotopic (exact) mass is 493 g/mol. The van der Waals surface area contributed by atoms with E-state index in [1.807, 2.05) is 43.5 Å². The minimum Gasteiger partial charge on any atom is -0.451 e. The van der Waals surface area contributed by atoms with Crippen molar-refractivity contribution >= 4 is 50.0 Å². The molecule has 10 heteroatoms. The lowest BCUT2D eigenvalue weighted by molar-refractivity contribution is 0.0680. The molecule has 0 atom stereocenters. The van der Waals surface area contributed by atoms with Gasteiger partial charge in [-0.1, -0.05) is 36.9 Å². The number of thioether (sulfide) groups is 1. The zero-order valence-corrected chi connectivity index (χ0v) is 20.6. The highest BCUT2D eigenvalue weighted by atomic mass is 32.2. The molecular formula is C22H27N3O4S3. The number of rotatable bonds is 8. The third-order valence-electron chi connectivity index (χ3n) is 5.43. The van der Waals surface area contributed by atoms with E-state index >= 15 is 0 Å². The van der Waals surface area contributed by atoms with E-state index < -0.39 is 10.0 Å². The summed E-state index contributed by atoms with van der Waals surface area (Å²) >= 11 is 3.20. The van der Waals surface area contributed by atoms with Crippen molar-refractivity contribution in [2.75, 3.05) is 18.8 Å². The summed E-state index contributed by atoms with van der Waals surface area (Å²) in [5.41, 5.74) is 2.57. The van der Waals surface area contributed by atoms with Gasteiger partial charge in [-0.15, -0.1) is 11.3 Å². The fourth-order valence-electron chi connectivity index (χ4n) is 3.87. The fourth-order valence-corrected chi connectivity index (χ4v) is 7.15. The van der Waals surface area contributed by atoms with Crippen LogP contribution in [0.25, 0.3) is 11.0 Å². The van der Waals surface area contributed by atoms with E-state index in [1.54, 1.807) is 28.0 Å². The minimum absolute atomic E-state index is 0.130. The first-order valence-electron chi connectivity index (χ1n) is 10.7. The van der Waals surface area contributed by atoms with Gasteiger partial charge in [-0.05, 0) is 32.3 Å². The normalized spacial score (nSPS) is 15.5. The Bertz CT molecular complexity index is 1190. The van der Waals surface area contributed by atoms with Gasteiger partial charge in [0, 0.05) is 46.9 Å². The van der Waals surface area contributed by atoms with E-state index in [0.29, 0.717) is 49.4 Å². The molecule has 0 radical (unpaired) electrons. The van der Waals surface area contributed by atoms with Crippen molar-refractivity contribution in [3.8, 4) is 0 Å². The second-order valence-electron chi connectivity index (χ2n) is 7.95. The summed E-state index contributed by atoms with van der Waals surface area (Å²) in [4.78, 5) is 19.6. The van der Waals surface area contributed by atoms with Crippen molar-refractivity contribution in [3.05, 3.63) is 46.7 Å². The maximum absolute atomic E-state index is 13.4. The number of benzene rings is 1. The molecule has 172 valence electrons. The molecule has 0 unspecified atom stereocenters. The van der Waals surface area contributed by atoms with Gasteiger partial charge >= 0.3 is 0 Å². The summed E-state index contributed by atoms with van der Waals surface area (Å²) < 4.78 is 33.9. The average Bonchev–Trinajstić information content (AvgIpc) is 3.35. The highest BCUT2D eigenvalue weighted by Gasteiger charge is 2.30. The van der Waals surface area contributed by atoms with Gasteiger partial charge in [0.15, 0.2) is 5.76 Å². The number of likely N-dealkylation sites (tertiary alicyclic amines) is 1. The number of para-hydroxylation sites is 1. The van der Waals surface area contributed by atoms with Crippen LogP contribution < -0.4 is 4.72 Å². The molecule has 3 heterocycles. The number of piperidine rings is 1. The van der Waals surface area contributed by atoms with Gasteiger partial charge in [0.25, 0.3) is 5.91 Å². The number of nitrogens with one attached hydrogen (secondary N) is 1. The molecule has 1 N–H and O–H groups in total. The third-order valence-corrected chi connectivity index (χ3v) is 9.24. The summed E-state index contributed by atoms with van der Waals surface area (Å²) in [5, 5.41) is 2.96. The molecule has 3 aromatic rings. The Hall–Kier alpha value is -1.88. The van der Waals surface area contributed by atoms with Crippen LogP contribution in [0.1, 0.15) is 48.0 Å². The number of thiazole rings is 1. The second kappa shape index (κ2) is 9.94. The number of aromatic nitrogens is 1. The Morgan fingerprint density at radius 2 is 2.06 bits per heavy atom. The number of hydrogen-bond acceptors (Lipinski definition) is 7. The topological polar surface area (TPSA) is 92.5 Å². The first kappa shape index (κ1) is 23.3. The molecule has 0 aliphatic carbocycles. The maximum Gasteiger partial charge on any atom is 0.289 e. The summed E-state index contributed by atoms with van der Waals surface area (Å²) in [5.74, 6) is 0.960. The number of hydrogen-bond donors (Lipinski definition) is 1. The first-order valence-corrected chi connectivity index (χ1v) is 14.2. The largest absolute Gasteiger partial charge is 0.451 e. The van der Waals surface area contributed by atoms with Crippen LogP contribution in [-0.2, 0) is 15.8 Å². The Kier molecular flexibility index (Phi) is 7.24. The lowest BCUT2D eigenvalue weighted by Gasteiger charge is -2.31. The SMILES string of the molecule is CCCS(=O)(=O)NC1CCN(C(=O)c2oc3ccccc3c2CSc2nc(C)cs2)CC1. The molecule has 32 heavy (non-hydrogen) atoms. The summed E-state index contributed by atoms with van der Waals surface area (Å²) in [6.45, 7) is 4.80. The number of nitrogens with zero attached hydrogens (tertiary/aromatic N) is 2. The van der Waals surface area contributed by atoms with Gasteiger partial charge in [0.1, 0.15) is 9.92 Å². The van der Waals surface area contributed by atoms with Crippen LogP contribution in [0.2, 0.25) is 0 Å². The van der Waals surface area contributed by atoms with Gasteiger partial charge in [0.05, 0.1) is 5.75 Å². The van der Waals surface area contributed by atoms with Crippen molar-refractivity contribution in [3.63, 3.8) is 0 Å². The predicted molar refractivity (Wildman–Crippen MR) is 129 cm³/mol. The van der Waals surface area contributed by atoms with Gasteiger partial charge < -0.3 is 9.32 Å². The van der Waals surface area contributed by atoms with Gasteiger partial charge in [0.2, 0.25) is 10.0 Å². The highest BCUT2D eigenvalue weighted by Crippen LogP contribution is 2.34. The minimum atomic E-state index is -3.26. The Morgan fingerprint density at radius 3 is 2.75 bits per heavy atom. The smallest absolute Gasteiger partial charge is 0.289 e. The predicted octanol–water partition coefficient (Wildman–Crippen LogP) is 4.42. The van der Waals surface area contributed by atoms with Crippen molar-refractivity contribution in [1.82, 2.24) is 14.6 Å².